The summed E-state index contributed by atoms with van der Waals surface area (Å²) in [6.45, 7) is 9.51. The second-order valence-corrected chi connectivity index (χ2v) is 13.1. The Morgan fingerprint density at radius 1 is 0.436 bits per heavy atom. The molecule has 0 fully saturated rings. The van der Waals surface area contributed by atoms with Crippen LogP contribution in [0.1, 0.15) is 49.9 Å². The van der Waals surface area contributed by atoms with Crippen LogP contribution < -0.4 is 0 Å². The normalized spacial score (nSPS) is 15.7. The molecule has 8 rings (SSSR count). The fourth-order valence-corrected chi connectivity index (χ4v) is 8.06. The lowest BCUT2D eigenvalue weighted by atomic mass is 9.79. The predicted octanol–water partition coefficient (Wildman–Crippen LogP) is 11.0. The van der Waals surface area contributed by atoms with Gasteiger partial charge in [0.1, 0.15) is 0 Å². The lowest BCUT2D eigenvalue weighted by Gasteiger charge is -2.24. The fraction of sp³-hybridized carbons (Fsp3) is 0.158. The van der Waals surface area contributed by atoms with Gasteiger partial charge in [0, 0.05) is 15.3 Å². The maximum Gasteiger partial charge on any atom is 0.0257 e. The largest absolute Gasteiger partial charge is 0.0619 e. The van der Waals surface area contributed by atoms with Crippen molar-refractivity contribution in [2.75, 3.05) is 0 Å². The number of halogens is 1. The van der Waals surface area contributed by atoms with Crippen molar-refractivity contribution < 1.29 is 0 Å². The molecule has 6 aromatic rings. The summed E-state index contributed by atoms with van der Waals surface area (Å²) in [6, 6.07) is 38.7. The van der Waals surface area contributed by atoms with Crippen LogP contribution in [0.2, 0.25) is 0 Å². The van der Waals surface area contributed by atoms with Crippen molar-refractivity contribution in [2.45, 2.75) is 38.5 Å². The van der Waals surface area contributed by atoms with Crippen molar-refractivity contribution in [3.8, 4) is 33.4 Å². The third-order valence-electron chi connectivity index (χ3n) is 9.53. The molecule has 0 radical (unpaired) electrons. The van der Waals surface area contributed by atoms with Gasteiger partial charge in [0.2, 0.25) is 0 Å². The van der Waals surface area contributed by atoms with Crippen LogP contribution in [0.15, 0.2) is 108 Å². The molecule has 0 nitrogen and oxygen atoms in total. The van der Waals surface area contributed by atoms with E-state index in [4.69, 9.17) is 0 Å². The second-order valence-electron chi connectivity index (χ2n) is 12.3. The van der Waals surface area contributed by atoms with Crippen LogP contribution in [0, 0.1) is 0 Å². The summed E-state index contributed by atoms with van der Waals surface area (Å²) in [5.41, 5.74) is 13.7. The lowest BCUT2D eigenvalue weighted by molar-refractivity contribution is 0.660. The van der Waals surface area contributed by atoms with Gasteiger partial charge >= 0.3 is 0 Å². The van der Waals surface area contributed by atoms with E-state index in [1.807, 2.05) is 0 Å². The zero-order valence-corrected chi connectivity index (χ0v) is 24.3. The van der Waals surface area contributed by atoms with Crippen molar-refractivity contribution in [1.29, 1.82) is 0 Å². The summed E-state index contributed by atoms with van der Waals surface area (Å²) in [5.74, 6) is 0. The Kier molecular flexibility index (Phi) is 4.59. The van der Waals surface area contributed by atoms with Crippen molar-refractivity contribution in [3.05, 3.63) is 130 Å². The monoisotopic (exact) mass is 564 g/mol. The average Bonchev–Trinajstić information content (AvgIpc) is 3.32. The van der Waals surface area contributed by atoms with Gasteiger partial charge in [-0.05, 0) is 95.4 Å². The molecule has 6 aromatic carbocycles. The average molecular weight is 566 g/mol. The van der Waals surface area contributed by atoms with Crippen LogP contribution in [-0.4, -0.2) is 0 Å². The highest BCUT2D eigenvalue weighted by Gasteiger charge is 2.39. The highest BCUT2D eigenvalue weighted by molar-refractivity contribution is 9.10. The van der Waals surface area contributed by atoms with E-state index < -0.39 is 0 Å². The number of benzene rings is 6. The van der Waals surface area contributed by atoms with Gasteiger partial charge in [-0.25, -0.2) is 0 Å². The van der Waals surface area contributed by atoms with E-state index in [0.29, 0.717) is 0 Å². The van der Waals surface area contributed by atoms with Gasteiger partial charge in [-0.1, -0.05) is 129 Å². The zero-order valence-electron chi connectivity index (χ0n) is 22.7. The number of fused-ring (bicyclic) bond motifs is 10. The number of hydrogen-bond donors (Lipinski definition) is 0. The molecule has 0 atom stereocenters. The van der Waals surface area contributed by atoms with Gasteiger partial charge in [-0.2, -0.15) is 0 Å². The third kappa shape index (κ3) is 2.95. The Balaban J connectivity index is 1.44. The van der Waals surface area contributed by atoms with Crippen LogP contribution in [0.3, 0.4) is 0 Å². The van der Waals surface area contributed by atoms with E-state index in [2.05, 4.69) is 147 Å². The van der Waals surface area contributed by atoms with Gasteiger partial charge in [0.05, 0.1) is 0 Å². The van der Waals surface area contributed by atoms with Crippen LogP contribution >= 0.6 is 15.9 Å². The molecule has 0 amide bonds. The summed E-state index contributed by atoms with van der Waals surface area (Å²) >= 11 is 3.90. The molecule has 2 aliphatic carbocycles. The summed E-state index contributed by atoms with van der Waals surface area (Å²) in [7, 11) is 0. The molecular weight excluding hydrogens is 536 g/mol. The summed E-state index contributed by atoms with van der Waals surface area (Å²) in [4.78, 5) is 0. The Hall–Kier alpha value is -3.68. The predicted molar refractivity (Wildman–Crippen MR) is 170 cm³/mol. The molecule has 0 spiro atoms. The molecule has 0 unspecified atom stereocenters. The van der Waals surface area contributed by atoms with Crippen molar-refractivity contribution in [2.24, 2.45) is 0 Å². The maximum atomic E-state index is 3.90. The Morgan fingerprint density at radius 3 is 1.72 bits per heavy atom. The van der Waals surface area contributed by atoms with E-state index in [1.54, 1.807) is 0 Å². The first-order valence-corrected chi connectivity index (χ1v) is 14.6. The smallest absolute Gasteiger partial charge is 0.0257 e. The van der Waals surface area contributed by atoms with Crippen molar-refractivity contribution in [3.63, 3.8) is 0 Å². The molecule has 0 saturated carbocycles. The molecular formula is C38H29Br. The molecule has 0 heterocycles. The Bertz CT molecular complexity index is 2020. The summed E-state index contributed by atoms with van der Waals surface area (Å²) in [6.07, 6.45) is 0. The third-order valence-corrected chi connectivity index (χ3v) is 10.2. The van der Waals surface area contributed by atoms with Gasteiger partial charge in [0.25, 0.3) is 0 Å². The molecule has 0 saturated heterocycles. The van der Waals surface area contributed by atoms with Crippen molar-refractivity contribution in [1.82, 2.24) is 0 Å². The Labute approximate surface area is 238 Å². The molecule has 2 aliphatic rings. The number of rotatable bonds is 1. The molecule has 39 heavy (non-hydrogen) atoms. The van der Waals surface area contributed by atoms with Gasteiger partial charge in [-0.15, -0.1) is 0 Å². The van der Waals surface area contributed by atoms with Crippen molar-refractivity contribution >= 4 is 37.5 Å². The van der Waals surface area contributed by atoms with E-state index in [0.717, 1.165) is 0 Å². The van der Waals surface area contributed by atoms with Gasteiger partial charge in [0.15, 0.2) is 0 Å². The first kappa shape index (κ1) is 23.2. The summed E-state index contributed by atoms with van der Waals surface area (Å²) < 4.78 is 1.17. The molecule has 0 N–H and O–H groups in total. The van der Waals surface area contributed by atoms with E-state index in [9.17, 15) is 0 Å². The fourth-order valence-electron chi connectivity index (χ4n) is 7.49. The van der Waals surface area contributed by atoms with Crippen LogP contribution in [-0.2, 0) is 10.8 Å². The van der Waals surface area contributed by atoms with Crippen LogP contribution in [0.5, 0.6) is 0 Å². The zero-order chi connectivity index (χ0) is 26.7. The standard InChI is InChI=1S/C38H29Br/c1-37(2)30-16-10-9-12-24(30)25-18-17-22(19-31(25)37)29-20-32-35(27-14-7-5-11-23(27)29)36-28-15-8-6-13-26(28)34(39)21-33(36)38(32,3)4/h5-21H,1-4H3. The Morgan fingerprint density at radius 2 is 0.974 bits per heavy atom. The topological polar surface area (TPSA) is 0 Å². The van der Waals surface area contributed by atoms with Gasteiger partial charge < -0.3 is 0 Å². The molecule has 1 heteroatoms. The summed E-state index contributed by atoms with van der Waals surface area (Å²) in [5, 5.41) is 5.25. The van der Waals surface area contributed by atoms with Crippen LogP contribution in [0.25, 0.3) is 54.9 Å². The minimum Gasteiger partial charge on any atom is -0.0619 e. The molecule has 0 bridgehead atoms. The first-order chi connectivity index (χ1) is 18.8. The minimum atomic E-state index is -0.109. The van der Waals surface area contributed by atoms with Crippen LogP contribution in [0.4, 0.5) is 0 Å². The van der Waals surface area contributed by atoms with E-state index in [1.165, 1.54) is 81.7 Å². The molecule has 0 aliphatic heterocycles. The highest BCUT2D eigenvalue weighted by atomic mass is 79.9. The quantitative estimate of drug-likeness (QED) is 0.186. The minimum absolute atomic E-state index is 0.0187. The molecule has 188 valence electrons. The van der Waals surface area contributed by atoms with E-state index >= 15 is 0 Å². The van der Waals surface area contributed by atoms with E-state index in [-0.39, 0.29) is 10.8 Å². The maximum absolute atomic E-state index is 3.90. The number of hydrogen-bond acceptors (Lipinski definition) is 0. The second kappa shape index (κ2) is 7.71. The first-order valence-electron chi connectivity index (χ1n) is 13.8. The highest BCUT2D eigenvalue weighted by Crippen LogP contribution is 2.57. The molecule has 0 aromatic heterocycles. The van der Waals surface area contributed by atoms with Gasteiger partial charge in [-0.3, -0.25) is 0 Å². The SMILES string of the molecule is CC1(C)c2ccccc2-c2ccc(-c3cc4c(c5ccccc35)-c3c(cc(Br)c5ccccc35)C4(C)C)cc21. The lowest BCUT2D eigenvalue weighted by Crippen LogP contribution is -2.15.